The molecule has 0 bridgehead atoms. The van der Waals surface area contributed by atoms with Crippen LogP contribution in [-0.2, 0) is 23.1 Å². The molecule has 0 aliphatic carbocycles. The molecule has 8 nitrogen and oxygen atoms in total. The molecule has 0 saturated carbocycles. The first-order valence-electron chi connectivity index (χ1n) is 9.65. The molecule has 2 heterocycles. The Morgan fingerprint density at radius 2 is 2.07 bits per heavy atom. The molecule has 1 unspecified atom stereocenters. The van der Waals surface area contributed by atoms with Crippen molar-refractivity contribution in [2.24, 2.45) is 0 Å². The Hall–Kier alpha value is -1.35. The third-order valence-electron chi connectivity index (χ3n) is 4.53. The first kappa shape index (κ1) is 22.3. The number of hydrogen-bond donors (Lipinski definition) is 1. The van der Waals surface area contributed by atoms with E-state index in [0.717, 1.165) is 5.56 Å². The van der Waals surface area contributed by atoms with Crippen LogP contribution in [0.4, 0.5) is 4.39 Å². The van der Waals surface area contributed by atoms with Gasteiger partial charge in [-0.05, 0) is 52.3 Å². The van der Waals surface area contributed by atoms with Crippen LogP contribution in [0.2, 0.25) is 0 Å². The molecule has 1 aliphatic rings. The number of aromatic nitrogens is 2. The standard InChI is InChI=1S/C19H28FN2O6P/c1-11(2)25-9-17-16(28-29(23,24)27-12(3)4)8-18(26-17)22-10-21-19-13(5)6-14(20)7-15(19)22/h6-7,10-12,16-18H,8-9H2,1-5H3,(H,23,24)/t16-,17+,18+/m0/s1. The summed E-state index contributed by atoms with van der Waals surface area (Å²) in [5.74, 6) is -0.368. The summed E-state index contributed by atoms with van der Waals surface area (Å²) in [5, 5.41) is 0. The maximum atomic E-state index is 13.9. The zero-order valence-electron chi connectivity index (χ0n) is 17.2. The van der Waals surface area contributed by atoms with Crippen LogP contribution in [-0.4, -0.2) is 45.5 Å². The van der Waals surface area contributed by atoms with Gasteiger partial charge in [-0.3, -0.25) is 9.05 Å². The molecule has 4 atom stereocenters. The molecule has 0 spiro atoms. The molecule has 2 aromatic rings. The van der Waals surface area contributed by atoms with Gasteiger partial charge in [-0.1, -0.05) is 0 Å². The lowest BCUT2D eigenvalue weighted by molar-refractivity contribution is -0.0731. The van der Waals surface area contributed by atoms with Crippen LogP contribution in [0.1, 0.15) is 45.9 Å². The molecule has 162 valence electrons. The van der Waals surface area contributed by atoms with Crippen molar-refractivity contribution in [1.29, 1.82) is 0 Å². The summed E-state index contributed by atoms with van der Waals surface area (Å²) in [5.41, 5.74) is 1.97. The van der Waals surface area contributed by atoms with E-state index in [9.17, 15) is 13.8 Å². The summed E-state index contributed by atoms with van der Waals surface area (Å²) >= 11 is 0. The van der Waals surface area contributed by atoms with E-state index in [1.54, 1.807) is 31.7 Å². The minimum atomic E-state index is -4.27. The topological polar surface area (TPSA) is 92.0 Å². The highest BCUT2D eigenvalue weighted by molar-refractivity contribution is 7.47. The average molecular weight is 430 g/mol. The van der Waals surface area contributed by atoms with Gasteiger partial charge >= 0.3 is 7.82 Å². The normalized spacial score (nSPS) is 24.7. The second kappa shape index (κ2) is 8.79. The molecule has 0 radical (unpaired) electrons. The summed E-state index contributed by atoms with van der Waals surface area (Å²) in [6.07, 6.45) is -0.556. The van der Waals surface area contributed by atoms with Gasteiger partial charge in [0.2, 0.25) is 0 Å². The van der Waals surface area contributed by atoms with Gasteiger partial charge < -0.3 is 18.9 Å². The van der Waals surface area contributed by atoms with Gasteiger partial charge in [-0.15, -0.1) is 0 Å². The van der Waals surface area contributed by atoms with Gasteiger partial charge in [0.25, 0.3) is 0 Å². The minimum Gasteiger partial charge on any atom is -0.376 e. The summed E-state index contributed by atoms with van der Waals surface area (Å²) in [4.78, 5) is 14.4. The summed E-state index contributed by atoms with van der Waals surface area (Å²) in [6.45, 7) is 9.03. The van der Waals surface area contributed by atoms with Gasteiger partial charge in [0, 0.05) is 6.42 Å². The number of nitrogens with zero attached hydrogens (tertiary/aromatic N) is 2. The molecule has 1 aromatic heterocycles. The van der Waals surface area contributed by atoms with Crippen molar-refractivity contribution in [2.75, 3.05) is 6.61 Å². The lowest BCUT2D eigenvalue weighted by Gasteiger charge is -2.22. The summed E-state index contributed by atoms with van der Waals surface area (Å²) in [7, 11) is -4.27. The number of hydrogen-bond acceptors (Lipinski definition) is 6. The lowest BCUT2D eigenvalue weighted by Crippen LogP contribution is -2.30. The van der Waals surface area contributed by atoms with Crippen molar-refractivity contribution in [2.45, 2.75) is 71.7 Å². The van der Waals surface area contributed by atoms with Crippen molar-refractivity contribution in [3.05, 3.63) is 29.8 Å². The minimum absolute atomic E-state index is 0.0445. The van der Waals surface area contributed by atoms with Gasteiger partial charge in [0.05, 0.1) is 36.2 Å². The SMILES string of the molecule is Cc1cc(F)cc2c1ncn2[C@H]1C[C@H](OP(=O)(O)OC(C)C)[C@@H](COC(C)C)O1. The van der Waals surface area contributed by atoms with Gasteiger partial charge in [0.1, 0.15) is 24.3 Å². The third-order valence-corrected chi connectivity index (χ3v) is 5.76. The van der Waals surface area contributed by atoms with Gasteiger partial charge in [-0.2, -0.15) is 0 Å². The fourth-order valence-electron chi connectivity index (χ4n) is 3.38. The van der Waals surface area contributed by atoms with Crippen LogP contribution in [0.3, 0.4) is 0 Å². The molecule has 0 amide bonds. The van der Waals surface area contributed by atoms with E-state index < -0.39 is 32.4 Å². The molecule has 1 N–H and O–H groups in total. The van der Waals surface area contributed by atoms with Crippen molar-refractivity contribution in [3.8, 4) is 0 Å². The highest BCUT2D eigenvalue weighted by atomic mass is 31.2. The van der Waals surface area contributed by atoms with E-state index >= 15 is 0 Å². The molecular weight excluding hydrogens is 402 g/mol. The van der Waals surface area contributed by atoms with Crippen molar-refractivity contribution in [3.63, 3.8) is 0 Å². The van der Waals surface area contributed by atoms with E-state index in [0.29, 0.717) is 11.0 Å². The number of phosphoric acid groups is 1. The highest BCUT2D eigenvalue weighted by Gasteiger charge is 2.42. The molecule has 1 aromatic carbocycles. The number of imidazole rings is 1. The lowest BCUT2D eigenvalue weighted by atomic mass is 10.2. The average Bonchev–Trinajstić information content (AvgIpc) is 3.15. The molecule has 1 aliphatic heterocycles. The van der Waals surface area contributed by atoms with Crippen LogP contribution in [0.25, 0.3) is 11.0 Å². The third kappa shape index (κ3) is 5.42. The van der Waals surface area contributed by atoms with Gasteiger partial charge in [0.15, 0.2) is 0 Å². The maximum Gasteiger partial charge on any atom is 0.472 e. The molecular formula is C19H28FN2O6P. The number of benzene rings is 1. The van der Waals surface area contributed by atoms with Crippen LogP contribution in [0.15, 0.2) is 18.5 Å². The zero-order valence-corrected chi connectivity index (χ0v) is 18.1. The molecule has 10 heteroatoms. The Kier molecular flexibility index (Phi) is 6.77. The number of halogens is 1. The predicted octanol–water partition coefficient (Wildman–Crippen LogP) is 4.11. The zero-order chi connectivity index (χ0) is 21.3. The van der Waals surface area contributed by atoms with Crippen molar-refractivity contribution >= 4 is 18.9 Å². The fourth-order valence-corrected chi connectivity index (χ4v) is 4.52. The van der Waals surface area contributed by atoms with Crippen LogP contribution in [0.5, 0.6) is 0 Å². The molecule has 3 rings (SSSR count). The fraction of sp³-hybridized carbons (Fsp3) is 0.632. The first-order chi connectivity index (χ1) is 13.6. The van der Waals surface area contributed by atoms with E-state index in [-0.39, 0.29) is 24.9 Å². The van der Waals surface area contributed by atoms with Crippen LogP contribution < -0.4 is 0 Å². The summed E-state index contributed by atoms with van der Waals surface area (Å²) in [6, 6.07) is 2.82. The number of ether oxygens (including phenoxy) is 2. The van der Waals surface area contributed by atoms with E-state index in [1.807, 2.05) is 13.8 Å². The Labute approximate surface area is 169 Å². The van der Waals surface area contributed by atoms with Crippen LogP contribution >= 0.6 is 7.82 Å². The second-order valence-electron chi connectivity index (χ2n) is 7.76. The molecule has 1 saturated heterocycles. The monoisotopic (exact) mass is 430 g/mol. The van der Waals surface area contributed by atoms with E-state index in [2.05, 4.69) is 4.98 Å². The number of fused-ring (bicyclic) bond motifs is 1. The maximum absolute atomic E-state index is 13.9. The van der Waals surface area contributed by atoms with Gasteiger partial charge in [-0.25, -0.2) is 13.9 Å². The first-order valence-corrected chi connectivity index (χ1v) is 11.1. The number of phosphoric ester groups is 1. The quantitative estimate of drug-likeness (QED) is 0.630. The Morgan fingerprint density at radius 1 is 1.34 bits per heavy atom. The summed E-state index contributed by atoms with van der Waals surface area (Å²) < 4.78 is 50.1. The van der Waals surface area contributed by atoms with E-state index in [1.165, 1.54) is 12.1 Å². The smallest absolute Gasteiger partial charge is 0.376 e. The number of rotatable bonds is 8. The highest BCUT2D eigenvalue weighted by Crippen LogP contribution is 2.49. The Balaban J connectivity index is 1.85. The Bertz CT molecular complexity index is 902. The molecule has 1 fully saturated rings. The number of aryl methyl sites for hydroxylation is 1. The Morgan fingerprint density at radius 3 is 2.72 bits per heavy atom. The van der Waals surface area contributed by atoms with Crippen molar-refractivity contribution < 1.29 is 32.4 Å². The molecule has 29 heavy (non-hydrogen) atoms. The van der Waals surface area contributed by atoms with E-state index in [4.69, 9.17) is 18.5 Å². The predicted molar refractivity (Wildman–Crippen MR) is 105 cm³/mol. The van der Waals surface area contributed by atoms with Crippen molar-refractivity contribution in [1.82, 2.24) is 9.55 Å². The van der Waals surface area contributed by atoms with Crippen LogP contribution in [0, 0.1) is 12.7 Å². The largest absolute Gasteiger partial charge is 0.472 e. The second-order valence-corrected chi connectivity index (χ2v) is 9.11.